The normalized spacial score (nSPS) is 17.2. The highest BCUT2D eigenvalue weighted by molar-refractivity contribution is 5.50. The van der Waals surface area contributed by atoms with Gasteiger partial charge in [0.1, 0.15) is 17.4 Å². The Kier molecular flexibility index (Phi) is 9.92. The summed E-state index contributed by atoms with van der Waals surface area (Å²) in [6.45, 7) is 7.28. The van der Waals surface area contributed by atoms with Crippen LogP contribution in [0.4, 0.5) is 5.82 Å². The van der Waals surface area contributed by atoms with Crippen molar-refractivity contribution in [2.45, 2.75) is 57.7 Å². The predicted molar refractivity (Wildman–Crippen MR) is 146 cm³/mol. The van der Waals surface area contributed by atoms with E-state index < -0.39 is 0 Å². The van der Waals surface area contributed by atoms with Crippen LogP contribution in [0.5, 0.6) is 5.75 Å². The fourth-order valence-electron chi connectivity index (χ4n) is 5.11. The zero-order valence-corrected chi connectivity index (χ0v) is 22.5. The molecule has 1 saturated heterocycles. The molecule has 0 saturated carbocycles. The molecule has 0 amide bonds. The van der Waals surface area contributed by atoms with Gasteiger partial charge in [0.05, 0.1) is 18.3 Å². The number of benzene rings is 1. The van der Waals surface area contributed by atoms with Crippen LogP contribution in [0.25, 0.3) is 0 Å². The Morgan fingerprint density at radius 1 is 1.06 bits per heavy atom. The van der Waals surface area contributed by atoms with E-state index in [0.717, 1.165) is 76.1 Å². The molecule has 1 aromatic heterocycles. The van der Waals surface area contributed by atoms with E-state index in [1.165, 1.54) is 42.5 Å². The molecular weight excluding hydrogens is 450 g/mol. The van der Waals surface area contributed by atoms with Gasteiger partial charge < -0.3 is 30.5 Å². The summed E-state index contributed by atoms with van der Waals surface area (Å²) < 4.78 is 5.87. The van der Waals surface area contributed by atoms with Crippen molar-refractivity contribution in [3.8, 4) is 5.75 Å². The molecule has 1 atom stereocenters. The first-order valence-electron chi connectivity index (χ1n) is 13.7. The molecule has 2 aromatic rings. The van der Waals surface area contributed by atoms with E-state index >= 15 is 0 Å². The van der Waals surface area contributed by atoms with Crippen molar-refractivity contribution in [1.82, 2.24) is 25.1 Å². The van der Waals surface area contributed by atoms with Crippen molar-refractivity contribution < 1.29 is 4.74 Å². The lowest BCUT2D eigenvalue weighted by atomic mass is 10.1. The summed E-state index contributed by atoms with van der Waals surface area (Å²) >= 11 is 0. The lowest BCUT2D eigenvalue weighted by molar-refractivity contribution is 0.281. The smallest absolute Gasteiger partial charge is 0.149 e. The molecule has 8 heteroatoms. The molecule has 198 valence electrons. The maximum Gasteiger partial charge on any atom is 0.149 e. The number of rotatable bonds is 11. The summed E-state index contributed by atoms with van der Waals surface area (Å²) in [5, 5.41) is 3.51. The van der Waals surface area contributed by atoms with Crippen LogP contribution in [-0.4, -0.2) is 80.2 Å². The van der Waals surface area contributed by atoms with Gasteiger partial charge in [0.2, 0.25) is 0 Å². The van der Waals surface area contributed by atoms with Crippen LogP contribution in [0, 0.1) is 0 Å². The maximum atomic E-state index is 6.70. The molecule has 0 aliphatic carbocycles. The monoisotopic (exact) mass is 495 g/mol. The van der Waals surface area contributed by atoms with Gasteiger partial charge in [-0.2, -0.15) is 0 Å². The average molecular weight is 496 g/mol. The minimum absolute atomic E-state index is 0.222. The van der Waals surface area contributed by atoms with E-state index in [4.69, 9.17) is 20.4 Å². The third-order valence-electron chi connectivity index (χ3n) is 7.07. The fourth-order valence-corrected chi connectivity index (χ4v) is 5.11. The van der Waals surface area contributed by atoms with Gasteiger partial charge in [-0.1, -0.05) is 25.0 Å². The van der Waals surface area contributed by atoms with E-state index in [1.54, 1.807) is 0 Å². The lowest BCUT2D eigenvalue weighted by Crippen LogP contribution is -2.35. The van der Waals surface area contributed by atoms with E-state index in [1.807, 2.05) is 0 Å². The van der Waals surface area contributed by atoms with Crippen molar-refractivity contribution in [1.29, 1.82) is 0 Å². The topological polar surface area (TPSA) is 82.8 Å². The second-order valence-corrected chi connectivity index (χ2v) is 10.6. The Morgan fingerprint density at radius 3 is 2.53 bits per heavy atom. The first-order chi connectivity index (χ1) is 17.5. The summed E-state index contributed by atoms with van der Waals surface area (Å²) in [4.78, 5) is 16.9. The number of anilines is 1. The standard InChI is InChI=1S/C28H45N7O/c1-33(2)15-8-18-36-23-11-9-22(10-12-23)20-34(3)21-25(29)27-31-26-13-14-30-19-24(26)28(32-27)35-16-6-4-5-7-17-35/h9-12,25,30H,4-8,13-21,29H2,1-3H3. The van der Waals surface area contributed by atoms with Crippen LogP contribution in [0.15, 0.2) is 24.3 Å². The SMILES string of the molecule is CN(C)CCCOc1ccc(CN(C)CC(N)c2nc3c(c(N4CCCCCC4)n2)CNCC3)cc1. The number of likely N-dealkylation sites (N-methyl/N-ethyl adjacent to an activating group) is 1. The molecule has 1 unspecified atom stereocenters. The molecule has 36 heavy (non-hydrogen) atoms. The van der Waals surface area contributed by atoms with Gasteiger partial charge in [0, 0.05) is 57.8 Å². The van der Waals surface area contributed by atoms with Gasteiger partial charge in [0.15, 0.2) is 0 Å². The van der Waals surface area contributed by atoms with Crippen LogP contribution in [0.2, 0.25) is 0 Å². The lowest BCUT2D eigenvalue weighted by Gasteiger charge is -2.29. The van der Waals surface area contributed by atoms with Gasteiger partial charge in [-0.3, -0.25) is 0 Å². The molecule has 0 bridgehead atoms. The number of aromatic nitrogens is 2. The van der Waals surface area contributed by atoms with E-state index in [-0.39, 0.29) is 6.04 Å². The molecule has 4 rings (SSSR count). The summed E-state index contributed by atoms with van der Waals surface area (Å²) in [6, 6.07) is 8.19. The van der Waals surface area contributed by atoms with Crippen molar-refractivity contribution in [3.63, 3.8) is 0 Å². The minimum atomic E-state index is -0.222. The number of nitrogens with two attached hydrogens (primary N) is 1. The second kappa shape index (κ2) is 13.3. The molecule has 2 aliphatic rings. The zero-order chi connectivity index (χ0) is 25.3. The Balaban J connectivity index is 1.36. The molecule has 8 nitrogen and oxygen atoms in total. The molecule has 3 heterocycles. The molecule has 1 fully saturated rings. The Morgan fingerprint density at radius 2 is 1.81 bits per heavy atom. The number of hydrogen-bond acceptors (Lipinski definition) is 8. The van der Waals surface area contributed by atoms with Crippen molar-refractivity contribution >= 4 is 5.82 Å². The van der Waals surface area contributed by atoms with Crippen molar-refractivity contribution in [3.05, 3.63) is 46.9 Å². The number of hydrogen-bond donors (Lipinski definition) is 2. The molecular formula is C28H45N7O. The van der Waals surface area contributed by atoms with Gasteiger partial charge in [-0.05, 0) is 58.1 Å². The summed E-state index contributed by atoms with van der Waals surface area (Å²) in [6.07, 6.45) is 7.05. The van der Waals surface area contributed by atoms with Gasteiger partial charge >= 0.3 is 0 Å². The van der Waals surface area contributed by atoms with Crippen molar-refractivity contribution in [2.75, 3.05) is 65.4 Å². The molecule has 0 spiro atoms. The Hall–Kier alpha value is -2.26. The number of ether oxygens (including phenoxy) is 1. The summed E-state index contributed by atoms with van der Waals surface area (Å²) in [7, 11) is 6.28. The number of fused-ring (bicyclic) bond motifs is 1. The highest BCUT2D eigenvalue weighted by Crippen LogP contribution is 2.27. The maximum absolute atomic E-state index is 6.70. The van der Waals surface area contributed by atoms with Crippen LogP contribution >= 0.6 is 0 Å². The quantitative estimate of drug-likeness (QED) is 0.461. The van der Waals surface area contributed by atoms with Gasteiger partial charge in [-0.15, -0.1) is 0 Å². The van der Waals surface area contributed by atoms with Crippen LogP contribution in [-0.2, 0) is 19.5 Å². The Bertz CT molecular complexity index is 942. The highest BCUT2D eigenvalue weighted by atomic mass is 16.5. The second-order valence-electron chi connectivity index (χ2n) is 10.6. The highest BCUT2D eigenvalue weighted by Gasteiger charge is 2.24. The summed E-state index contributed by atoms with van der Waals surface area (Å²) in [5.74, 6) is 2.82. The first kappa shape index (κ1) is 26.8. The summed E-state index contributed by atoms with van der Waals surface area (Å²) in [5.41, 5.74) is 10.4. The van der Waals surface area contributed by atoms with Crippen LogP contribution in [0.3, 0.4) is 0 Å². The van der Waals surface area contributed by atoms with Gasteiger partial charge in [-0.25, -0.2) is 9.97 Å². The van der Waals surface area contributed by atoms with Crippen molar-refractivity contribution in [2.24, 2.45) is 5.73 Å². The van der Waals surface area contributed by atoms with Crippen LogP contribution in [0.1, 0.15) is 60.8 Å². The largest absolute Gasteiger partial charge is 0.494 e. The third-order valence-corrected chi connectivity index (χ3v) is 7.07. The molecule has 0 radical (unpaired) electrons. The third kappa shape index (κ3) is 7.62. The van der Waals surface area contributed by atoms with E-state index in [9.17, 15) is 0 Å². The number of nitrogens with zero attached hydrogens (tertiary/aromatic N) is 5. The molecule has 2 aliphatic heterocycles. The Labute approximate surface area is 217 Å². The van der Waals surface area contributed by atoms with E-state index in [2.05, 4.69) is 65.4 Å². The first-order valence-corrected chi connectivity index (χ1v) is 13.7. The van der Waals surface area contributed by atoms with Crippen LogP contribution < -0.4 is 20.7 Å². The van der Waals surface area contributed by atoms with E-state index in [0.29, 0.717) is 6.54 Å². The minimum Gasteiger partial charge on any atom is -0.494 e. The molecule has 1 aromatic carbocycles. The number of nitrogens with one attached hydrogen (secondary N) is 1. The molecule has 3 N–H and O–H groups in total. The predicted octanol–water partition coefficient (Wildman–Crippen LogP) is 2.97. The van der Waals surface area contributed by atoms with Gasteiger partial charge in [0.25, 0.3) is 0 Å². The zero-order valence-electron chi connectivity index (χ0n) is 22.5. The average Bonchev–Trinajstić information content (AvgIpc) is 3.16. The fraction of sp³-hybridized carbons (Fsp3) is 0.643.